The van der Waals surface area contributed by atoms with E-state index in [0.29, 0.717) is 17.2 Å². The number of hydrogen-bond donors (Lipinski definition) is 2. The van der Waals surface area contributed by atoms with Crippen LogP contribution in [0.4, 0.5) is 5.69 Å². The molecule has 16 heavy (non-hydrogen) atoms. The molecule has 0 aliphatic heterocycles. The topological polar surface area (TPSA) is 46.2 Å². The molecule has 1 unspecified atom stereocenters. The number of aryl methyl sites for hydroxylation is 1. The lowest BCUT2D eigenvalue weighted by Gasteiger charge is -2.19. The Morgan fingerprint density at radius 1 is 1.44 bits per heavy atom. The fourth-order valence-electron chi connectivity index (χ4n) is 1.63. The van der Waals surface area contributed by atoms with Gasteiger partial charge >= 0.3 is 0 Å². The smallest absolute Gasteiger partial charge is 0.150 e. The molecule has 0 bridgehead atoms. The average Bonchev–Trinajstić information content (AvgIpc) is 3.02. The zero-order valence-corrected chi connectivity index (χ0v) is 9.75. The molecule has 0 spiro atoms. The maximum atomic E-state index is 10.3. The van der Waals surface area contributed by atoms with Crippen LogP contribution in [-0.4, -0.2) is 5.11 Å². The average molecular weight is 215 g/mol. The molecular weight excluding hydrogens is 198 g/mol. The quantitative estimate of drug-likeness (QED) is 0.557. The van der Waals surface area contributed by atoms with Gasteiger partial charge in [0.25, 0.3) is 0 Å². The van der Waals surface area contributed by atoms with E-state index in [2.05, 4.69) is 11.8 Å². The van der Waals surface area contributed by atoms with Crippen molar-refractivity contribution in [3.8, 4) is 11.8 Å². The van der Waals surface area contributed by atoms with Gasteiger partial charge in [0, 0.05) is 17.2 Å². The van der Waals surface area contributed by atoms with Gasteiger partial charge in [0.1, 0.15) is 5.60 Å². The molecule has 0 aromatic heterocycles. The maximum Gasteiger partial charge on any atom is 0.150 e. The molecule has 1 aliphatic carbocycles. The minimum atomic E-state index is -1.14. The standard InChI is InChI=1S/C14H17NO/c1-10-3-6-13(15)12(9-10)14(2,16)8-7-11-4-5-11/h3,6,9,11,16H,4-5,15H2,1-2H3. The fraction of sp³-hybridized carbons (Fsp3) is 0.429. The van der Waals surface area contributed by atoms with Crippen molar-refractivity contribution in [1.29, 1.82) is 0 Å². The van der Waals surface area contributed by atoms with E-state index in [1.807, 2.05) is 25.1 Å². The number of rotatable bonds is 1. The number of hydrogen-bond acceptors (Lipinski definition) is 2. The molecule has 1 aromatic rings. The van der Waals surface area contributed by atoms with Crippen LogP contribution >= 0.6 is 0 Å². The molecule has 0 saturated heterocycles. The van der Waals surface area contributed by atoms with Crippen LogP contribution in [0.3, 0.4) is 0 Å². The van der Waals surface area contributed by atoms with Gasteiger partial charge in [-0.05, 0) is 32.8 Å². The number of anilines is 1. The van der Waals surface area contributed by atoms with Crippen LogP contribution in [0.1, 0.15) is 30.9 Å². The van der Waals surface area contributed by atoms with Crippen molar-refractivity contribution in [1.82, 2.24) is 0 Å². The van der Waals surface area contributed by atoms with Crippen molar-refractivity contribution in [3.63, 3.8) is 0 Å². The molecule has 2 rings (SSSR count). The van der Waals surface area contributed by atoms with Crippen molar-refractivity contribution < 1.29 is 5.11 Å². The van der Waals surface area contributed by atoms with Gasteiger partial charge in [0.2, 0.25) is 0 Å². The molecule has 84 valence electrons. The Morgan fingerprint density at radius 3 is 2.75 bits per heavy atom. The molecule has 1 aromatic carbocycles. The Hall–Kier alpha value is -1.46. The highest BCUT2D eigenvalue weighted by atomic mass is 16.3. The summed E-state index contributed by atoms with van der Waals surface area (Å²) < 4.78 is 0. The van der Waals surface area contributed by atoms with Crippen LogP contribution in [0.2, 0.25) is 0 Å². The van der Waals surface area contributed by atoms with Crippen LogP contribution in [0.5, 0.6) is 0 Å². The zero-order valence-electron chi connectivity index (χ0n) is 9.75. The lowest BCUT2D eigenvalue weighted by molar-refractivity contribution is 0.123. The van der Waals surface area contributed by atoms with Crippen LogP contribution in [0.25, 0.3) is 0 Å². The van der Waals surface area contributed by atoms with Crippen LogP contribution in [0, 0.1) is 24.7 Å². The summed E-state index contributed by atoms with van der Waals surface area (Å²) in [5.41, 5.74) is 7.12. The summed E-state index contributed by atoms with van der Waals surface area (Å²) in [6.07, 6.45) is 2.32. The summed E-state index contributed by atoms with van der Waals surface area (Å²) in [5, 5.41) is 10.3. The molecule has 1 saturated carbocycles. The highest BCUT2D eigenvalue weighted by Crippen LogP contribution is 2.30. The number of benzene rings is 1. The van der Waals surface area contributed by atoms with E-state index in [9.17, 15) is 5.11 Å². The molecule has 1 atom stereocenters. The predicted octanol–water partition coefficient (Wildman–Crippen LogP) is 2.20. The van der Waals surface area contributed by atoms with E-state index >= 15 is 0 Å². The molecule has 0 amide bonds. The van der Waals surface area contributed by atoms with Crippen molar-refractivity contribution >= 4 is 5.69 Å². The second-order valence-corrected chi connectivity index (χ2v) is 4.71. The predicted molar refractivity (Wildman–Crippen MR) is 65.7 cm³/mol. The van der Waals surface area contributed by atoms with E-state index < -0.39 is 5.60 Å². The number of aliphatic hydroxyl groups is 1. The first kappa shape index (κ1) is 11.0. The Balaban J connectivity index is 2.34. The first-order chi connectivity index (χ1) is 7.49. The van der Waals surface area contributed by atoms with Crippen molar-refractivity contribution in [2.75, 3.05) is 5.73 Å². The minimum absolute atomic E-state index is 0.484. The van der Waals surface area contributed by atoms with Crippen LogP contribution in [0.15, 0.2) is 18.2 Å². The van der Waals surface area contributed by atoms with Crippen LogP contribution in [-0.2, 0) is 5.60 Å². The highest BCUT2D eigenvalue weighted by Gasteiger charge is 2.25. The lowest BCUT2D eigenvalue weighted by Crippen LogP contribution is -2.20. The van der Waals surface area contributed by atoms with Crippen molar-refractivity contribution in [2.45, 2.75) is 32.3 Å². The monoisotopic (exact) mass is 215 g/mol. The molecule has 1 aliphatic rings. The van der Waals surface area contributed by atoms with Gasteiger partial charge in [0.05, 0.1) is 0 Å². The van der Waals surface area contributed by atoms with E-state index in [1.165, 1.54) is 0 Å². The van der Waals surface area contributed by atoms with Gasteiger partial charge in [-0.15, -0.1) is 0 Å². The summed E-state index contributed by atoms with van der Waals surface area (Å²) in [7, 11) is 0. The second kappa shape index (κ2) is 3.84. The second-order valence-electron chi connectivity index (χ2n) is 4.71. The molecule has 0 radical (unpaired) electrons. The third-order valence-electron chi connectivity index (χ3n) is 2.83. The summed E-state index contributed by atoms with van der Waals surface area (Å²) in [5.74, 6) is 6.50. The number of nitrogens with two attached hydrogens (primary N) is 1. The highest BCUT2D eigenvalue weighted by molar-refractivity contribution is 5.53. The Labute approximate surface area is 96.5 Å². The van der Waals surface area contributed by atoms with Gasteiger partial charge in [-0.25, -0.2) is 0 Å². The first-order valence-electron chi connectivity index (χ1n) is 5.61. The third-order valence-corrected chi connectivity index (χ3v) is 2.83. The van der Waals surface area contributed by atoms with E-state index in [0.717, 1.165) is 18.4 Å². The molecular formula is C14H17NO. The largest absolute Gasteiger partial charge is 0.398 e. The zero-order chi connectivity index (χ0) is 11.8. The van der Waals surface area contributed by atoms with Gasteiger partial charge in [-0.2, -0.15) is 0 Å². The Bertz CT molecular complexity index is 461. The summed E-state index contributed by atoms with van der Waals surface area (Å²) in [6.45, 7) is 3.68. The van der Waals surface area contributed by atoms with E-state index in [-0.39, 0.29) is 0 Å². The fourth-order valence-corrected chi connectivity index (χ4v) is 1.63. The Kier molecular flexibility index (Phi) is 2.65. The normalized spacial score (nSPS) is 18.4. The first-order valence-corrected chi connectivity index (χ1v) is 5.61. The van der Waals surface area contributed by atoms with Gasteiger partial charge < -0.3 is 10.8 Å². The summed E-state index contributed by atoms with van der Waals surface area (Å²) in [4.78, 5) is 0. The van der Waals surface area contributed by atoms with Crippen molar-refractivity contribution in [3.05, 3.63) is 29.3 Å². The molecule has 2 nitrogen and oxygen atoms in total. The molecule has 2 heteroatoms. The molecule has 3 N–H and O–H groups in total. The summed E-state index contributed by atoms with van der Waals surface area (Å²) in [6, 6.07) is 5.65. The molecule has 0 heterocycles. The molecule has 1 fully saturated rings. The van der Waals surface area contributed by atoms with Crippen LogP contribution < -0.4 is 5.73 Å². The van der Waals surface area contributed by atoms with Gasteiger partial charge in [-0.1, -0.05) is 29.5 Å². The van der Waals surface area contributed by atoms with Gasteiger partial charge in [-0.3, -0.25) is 0 Å². The van der Waals surface area contributed by atoms with Crippen molar-refractivity contribution in [2.24, 2.45) is 5.92 Å². The Morgan fingerprint density at radius 2 is 2.12 bits per heavy atom. The lowest BCUT2D eigenvalue weighted by atomic mass is 9.93. The third kappa shape index (κ3) is 2.37. The van der Waals surface area contributed by atoms with E-state index in [4.69, 9.17) is 5.73 Å². The summed E-state index contributed by atoms with van der Waals surface area (Å²) >= 11 is 0. The maximum absolute atomic E-state index is 10.3. The number of nitrogen functional groups attached to an aromatic ring is 1. The minimum Gasteiger partial charge on any atom is -0.398 e. The van der Waals surface area contributed by atoms with E-state index in [1.54, 1.807) is 6.92 Å². The van der Waals surface area contributed by atoms with Gasteiger partial charge in [0.15, 0.2) is 0 Å². The SMILES string of the molecule is Cc1ccc(N)c(C(C)(O)C#CC2CC2)c1.